The molecule has 0 bridgehead atoms. The Morgan fingerprint density at radius 3 is 2.31 bits per heavy atom. The fourth-order valence-corrected chi connectivity index (χ4v) is 1.22. The Morgan fingerprint density at radius 2 is 1.94 bits per heavy atom. The van der Waals surface area contributed by atoms with Crippen LogP contribution >= 0.6 is 0 Å². The molecule has 1 aromatic heterocycles. The molecule has 0 atom stereocenters. The third-order valence-corrected chi connectivity index (χ3v) is 1.77. The van der Waals surface area contributed by atoms with Crippen LogP contribution in [0.1, 0.15) is 21.9 Å². The van der Waals surface area contributed by atoms with Gasteiger partial charge in [0.15, 0.2) is 0 Å². The predicted molar refractivity (Wildman–Crippen MR) is 49.5 cm³/mol. The quantitative estimate of drug-likeness (QED) is 0.782. The van der Waals surface area contributed by atoms with Crippen LogP contribution in [0.3, 0.4) is 0 Å². The maximum absolute atomic E-state index is 12.1. The van der Waals surface area contributed by atoms with Gasteiger partial charge in [-0.25, -0.2) is 9.97 Å². The first-order valence-electron chi connectivity index (χ1n) is 4.20. The van der Waals surface area contributed by atoms with E-state index >= 15 is 0 Å². The molecule has 16 heavy (non-hydrogen) atoms. The van der Waals surface area contributed by atoms with Crippen LogP contribution in [0.25, 0.3) is 0 Å². The van der Waals surface area contributed by atoms with Crippen molar-refractivity contribution < 1.29 is 18.0 Å². The fourth-order valence-electron chi connectivity index (χ4n) is 1.22. The van der Waals surface area contributed by atoms with Crippen LogP contribution in [0.4, 0.5) is 19.0 Å². The number of carbonyl (C=O) groups is 1. The lowest BCUT2D eigenvalue weighted by atomic mass is 10.2. The Labute approximate surface area is 88.7 Å². The van der Waals surface area contributed by atoms with Crippen molar-refractivity contribution in [3.8, 4) is 0 Å². The van der Waals surface area contributed by atoms with E-state index in [1.165, 1.54) is 6.92 Å². The van der Waals surface area contributed by atoms with Crippen LogP contribution in [-0.2, 0) is 6.42 Å². The number of nitrogens with two attached hydrogens (primary N) is 2. The number of halogens is 3. The second kappa shape index (κ2) is 3.95. The third-order valence-electron chi connectivity index (χ3n) is 1.77. The zero-order valence-corrected chi connectivity index (χ0v) is 8.30. The minimum Gasteiger partial charge on any atom is -0.383 e. The first kappa shape index (κ1) is 12.2. The van der Waals surface area contributed by atoms with Crippen LogP contribution in [0, 0.1) is 6.92 Å². The van der Waals surface area contributed by atoms with Crippen molar-refractivity contribution >= 4 is 11.7 Å². The Morgan fingerprint density at radius 1 is 1.38 bits per heavy atom. The summed E-state index contributed by atoms with van der Waals surface area (Å²) in [5, 5.41) is 0. The molecule has 1 heterocycles. The van der Waals surface area contributed by atoms with Crippen molar-refractivity contribution in [2.75, 3.05) is 5.73 Å². The monoisotopic (exact) mass is 234 g/mol. The van der Waals surface area contributed by atoms with Crippen molar-refractivity contribution in [3.63, 3.8) is 0 Å². The van der Waals surface area contributed by atoms with Gasteiger partial charge in [-0.05, 0) is 6.92 Å². The molecule has 0 aromatic carbocycles. The maximum Gasteiger partial charge on any atom is 0.396 e. The van der Waals surface area contributed by atoms with Crippen LogP contribution in [0.15, 0.2) is 0 Å². The highest BCUT2D eigenvalue weighted by molar-refractivity contribution is 5.98. The molecule has 1 amide bonds. The molecular formula is C8H9F3N4O. The van der Waals surface area contributed by atoms with Crippen molar-refractivity contribution in [1.82, 2.24) is 9.97 Å². The summed E-state index contributed by atoms with van der Waals surface area (Å²) < 4.78 is 36.2. The lowest BCUT2D eigenvalue weighted by Crippen LogP contribution is -2.21. The smallest absolute Gasteiger partial charge is 0.383 e. The van der Waals surface area contributed by atoms with Crippen LogP contribution in [0.2, 0.25) is 0 Å². The minimum absolute atomic E-state index is 0.0410. The van der Waals surface area contributed by atoms with Gasteiger partial charge in [0.25, 0.3) is 5.91 Å². The van der Waals surface area contributed by atoms with Gasteiger partial charge in [-0.3, -0.25) is 4.79 Å². The summed E-state index contributed by atoms with van der Waals surface area (Å²) in [4.78, 5) is 17.8. The van der Waals surface area contributed by atoms with E-state index in [0.29, 0.717) is 0 Å². The largest absolute Gasteiger partial charge is 0.396 e. The van der Waals surface area contributed by atoms with Gasteiger partial charge in [-0.1, -0.05) is 0 Å². The van der Waals surface area contributed by atoms with E-state index in [2.05, 4.69) is 9.97 Å². The first-order valence-corrected chi connectivity index (χ1v) is 4.20. The lowest BCUT2D eigenvalue weighted by Gasteiger charge is -2.09. The van der Waals surface area contributed by atoms with Crippen molar-refractivity contribution in [2.45, 2.75) is 19.5 Å². The van der Waals surface area contributed by atoms with Gasteiger partial charge in [-0.2, -0.15) is 13.2 Å². The number of nitrogens with zero attached hydrogens (tertiary/aromatic N) is 2. The van der Waals surface area contributed by atoms with Gasteiger partial charge < -0.3 is 11.5 Å². The standard InChI is InChI=1S/C8H9F3N4O/c1-3-5(7(13)16)6(12)15-4(14-3)2-8(9,10)11/h2H2,1H3,(H2,13,16)(H2,12,14,15). The second-order valence-electron chi connectivity index (χ2n) is 3.14. The molecule has 0 aliphatic heterocycles. The van der Waals surface area contributed by atoms with Crippen LogP contribution in [0.5, 0.6) is 0 Å². The minimum atomic E-state index is -4.42. The number of alkyl halides is 3. The predicted octanol–water partition coefficient (Wildman–Crippen LogP) is 0.571. The third kappa shape index (κ3) is 2.81. The molecule has 4 N–H and O–H groups in total. The van der Waals surface area contributed by atoms with E-state index in [0.717, 1.165) is 0 Å². The van der Waals surface area contributed by atoms with Gasteiger partial charge in [-0.15, -0.1) is 0 Å². The number of aryl methyl sites for hydroxylation is 1. The number of hydrogen-bond acceptors (Lipinski definition) is 4. The zero-order chi connectivity index (χ0) is 12.5. The molecule has 5 nitrogen and oxygen atoms in total. The van der Waals surface area contributed by atoms with E-state index in [1.54, 1.807) is 0 Å². The van der Waals surface area contributed by atoms with Gasteiger partial charge in [0.2, 0.25) is 0 Å². The number of carbonyl (C=O) groups excluding carboxylic acids is 1. The highest BCUT2D eigenvalue weighted by Gasteiger charge is 2.30. The molecule has 0 aliphatic carbocycles. The molecule has 1 aromatic rings. The molecule has 0 aliphatic rings. The normalized spacial score (nSPS) is 11.5. The zero-order valence-electron chi connectivity index (χ0n) is 8.30. The topological polar surface area (TPSA) is 94.9 Å². The number of nitrogen functional groups attached to an aromatic ring is 1. The van der Waals surface area contributed by atoms with E-state index in [9.17, 15) is 18.0 Å². The average Bonchev–Trinajstić information content (AvgIpc) is 1.96. The molecule has 0 spiro atoms. The number of anilines is 1. The maximum atomic E-state index is 12.1. The molecule has 0 fully saturated rings. The summed E-state index contributed by atoms with van der Waals surface area (Å²) in [5.41, 5.74) is 10.2. The fraction of sp³-hybridized carbons (Fsp3) is 0.375. The van der Waals surface area contributed by atoms with Crippen molar-refractivity contribution in [2.24, 2.45) is 5.73 Å². The van der Waals surface area contributed by atoms with E-state index in [4.69, 9.17) is 11.5 Å². The van der Waals surface area contributed by atoms with Gasteiger partial charge in [0.05, 0.1) is 5.69 Å². The first-order chi connectivity index (χ1) is 7.20. The Bertz CT molecular complexity index is 407. The van der Waals surface area contributed by atoms with Crippen LogP contribution in [-0.4, -0.2) is 22.1 Å². The number of primary amides is 1. The molecule has 0 radical (unpaired) electrons. The summed E-state index contributed by atoms with van der Waals surface area (Å²) in [5.74, 6) is -1.68. The summed E-state index contributed by atoms with van der Waals surface area (Å²) >= 11 is 0. The Balaban J connectivity index is 3.15. The summed E-state index contributed by atoms with van der Waals surface area (Å²) in [6.07, 6.45) is -5.72. The summed E-state index contributed by atoms with van der Waals surface area (Å²) in [7, 11) is 0. The summed E-state index contributed by atoms with van der Waals surface area (Å²) in [6.45, 7) is 1.35. The average molecular weight is 234 g/mol. The molecule has 0 saturated carbocycles. The van der Waals surface area contributed by atoms with E-state index in [-0.39, 0.29) is 17.1 Å². The van der Waals surface area contributed by atoms with Crippen molar-refractivity contribution in [3.05, 3.63) is 17.1 Å². The molecule has 88 valence electrons. The Hall–Kier alpha value is -1.86. The van der Waals surface area contributed by atoms with Crippen molar-refractivity contribution in [1.29, 1.82) is 0 Å². The van der Waals surface area contributed by atoms with Gasteiger partial charge in [0.1, 0.15) is 23.6 Å². The molecule has 0 saturated heterocycles. The number of rotatable bonds is 2. The highest BCUT2D eigenvalue weighted by Crippen LogP contribution is 2.21. The molecule has 8 heteroatoms. The Kier molecular flexibility index (Phi) is 3.02. The van der Waals surface area contributed by atoms with E-state index in [1.807, 2.05) is 0 Å². The van der Waals surface area contributed by atoms with Gasteiger partial charge in [0, 0.05) is 0 Å². The van der Waals surface area contributed by atoms with E-state index < -0.39 is 24.3 Å². The van der Waals surface area contributed by atoms with Gasteiger partial charge >= 0.3 is 6.18 Å². The summed E-state index contributed by atoms with van der Waals surface area (Å²) in [6, 6.07) is 0. The number of hydrogen-bond donors (Lipinski definition) is 2. The molecule has 1 rings (SSSR count). The molecular weight excluding hydrogens is 225 g/mol. The number of aromatic nitrogens is 2. The van der Waals surface area contributed by atoms with Crippen LogP contribution < -0.4 is 11.5 Å². The SMILES string of the molecule is Cc1nc(CC(F)(F)F)nc(N)c1C(N)=O. The lowest BCUT2D eigenvalue weighted by molar-refractivity contribution is -0.128. The second-order valence-corrected chi connectivity index (χ2v) is 3.14. The number of amides is 1. The highest BCUT2D eigenvalue weighted by atomic mass is 19.4. The molecule has 0 unspecified atom stereocenters.